The van der Waals surface area contributed by atoms with Crippen LogP contribution in [0.5, 0.6) is 0 Å². The molecule has 4 heteroatoms. The molecule has 0 saturated carbocycles. The summed E-state index contributed by atoms with van der Waals surface area (Å²) in [5.74, 6) is -0.206. The zero-order valence-electron chi connectivity index (χ0n) is 13.4. The molecule has 0 spiro atoms. The summed E-state index contributed by atoms with van der Waals surface area (Å²) in [6.45, 7) is 5.15. The van der Waals surface area contributed by atoms with Crippen LogP contribution in [0.3, 0.4) is 0 Å². The van der Waals surface area contributed by atoms with E-state index < -0.39 is 6.04 Å². The third-order valence-corrected chi connectivity index (χ3v) is 4.13. The molecule has 0 aliphatic carbocycles. The van der Waals surface area contributed by atoms with Crippen molar-refractivity contribution in [3.63, 3.8) is 0 Å². The van der Waals surface area contributed by atoms with Crippen LogP contribution < -0.4 is 11.1 Å². The van der Waals surface area contributed by atoms with Crippen molar-refractivity contribution in [2.75, 3.05) is 5.32 Å². The van der Waals surface area contributed by atoms with Gasteiger partial charge in [-0.1, -0.05) is 30.3 Å². The smallest absolute Gasteiger partial charge is 0.245 e. The molecule has 0 aliphatic rings. The Morgan fingerprint density at radius 3 is 2.61 bits per heavy atom. The second kappa shape index (κ2) is 6.26. The molecule has 1 aromatic heterocycles. The minimum atomic E-state index is -0.672. The van der Waals surface area contributed by atoms with E-state index >= 15 is 0 Å². The van der Waals surface area contributed by atoms with Crippen LogP contribution in [0, 0.1) is 6.92 Å². The number of rotatable bonds is 4. The molecule has 0 saturated heterocycles. The lowest BCUT2D eigenvalue weighted by molar-refractivity contribution is -0.117. The van der Waals surface area contributed by atoms with Gasteiger partial charge in [-0.25, -0.2) is 0 Å². The maximum atomic E-state index is 12.3. The van der Waals surface area contributed by atoms with Gasteiger partial charge in [0.1, 0.15) is 6.04 Å². The van der Waals surface area contributed by atoms with Gasteiger partial charge in [0.15, 0.2) is 0 Å². The summed E-state index contributed by atoms with van der Waals surface area (Å²) in [6, 6.07) is 16.8. The summed E-state index contributed by atoms with van der Waals surface area (Å²) in [4.78, 5) is 12.3. The molecule has 1 heterocycles. The average Bonchev–Trinajstić information content (AvgIpc) is 2.89. The van der Waals surface area contributed by atoms with Crippen molar-refractivity contribution in [3.8, 4) is 0 Å². The number of carbonyl (C=O) groups excluding carboxylic acids is 1. The van der Waals surface area contributed by atoms with E-state index in [4.69, 9.17) is 5.73 Å². The van der Waals surface area contributed by atoms with E-state index in [-0.39, 0.29) is 5.91 Å². The standard InChI is InChI=1S/C19H21N3O/c1-3-22-13(2)11-15-12-16(9-10-17(15)22)21-19(23)18(20)14-7-5-4-6-8-14/h4-12,18H,3,20H2,1-2H3,(H,21,23). The first kappa shape index (κ1) is 15.3. The topological polar surface area (TPSA) is 60.0 Å². The summed E-state index contributed by atoms with van der Waals surface area (Å²) < 4.78 is 2.25. The second-order valence-corrected chi connectivity index (χ2v) is 5.68. The first-order valence-corrected chi connectivity index (χ1v) is 7.81. The highest BCUT2D eigenvalue weighted by molar-refractivity contribution is 5.97. The van der Waals surface area contributed by atoms with Gasteiger partial charge in [0.2, 0.25) is 5.91 Å². The van der Waals surface area contributed by atoms with E-state index in [0.29, 0.717) is 0 Å². The number of nitrogens with two attached hydrogens (primary N) is 1. The first-order chi connectivity index (χ1) is 11.1. The number of nitrogens with one attached hydrogen (secondary N) is 1. The fourth-order valence-corrected chi connectivity index (χ4v) is 2.94. The van der Waals surface area contributed by atoms with Crippen LogP contribution in [0.25, 0.3) is 10.9 Å². The lowest BCUT2D eigenvalue weighted by Gasteiger charge is -2.13. The van der Waals surface area contributed by atoms with Crippen molar-refractivity contribution >= 4 is 22.5 Å². The number of hydrogen-bond donors (Lipinski definition) is 2. The molecular weight excluding hydrogens is 286 g/mol. The van der Waals surface area contributed by atoms with Gasteiger partial charge in [-0.2, -0.15) is 0 Å². The summed E-state index contributed by atoms with van der Waals surface area (Å²) in [5.41, 5.74) is 9.99. The Morgan fingerprint density at radius 2 is 1.91 bits per heavy atom. The van der Waals surface area contributed by atoms with Gasteiger partial charge in [-0.15, -0.1) is 0 Å². The fourth-order valence-electron chi connectivity index (χ4n) is 2.94. The Bertz CT molecular complexity index is 836. The van der Waals surface area contributed by atoms with Crippen LogP contribution in [0.2, 0.25) is 0 Å². The number of benzene rings is 2. The van der Waals surface area contributed by atoms with E-state index in [1.807, 2.05) is 48.5 Å². The normalized spacial score (nSPS) is 12.3. The van der Waals surface area contributed by atoms with Gasteiger partial charge in [0.25, 0.3) is 0 Å². The number of fused-ring (bicyclic) bond motifs is 1. The van der Waals surface area contributed by atoms with Crippen LogP contribution in [0.15, 0.2) is 54.6 Å². The molecule has 4 nitrogen and oxygen atoms in total. The van der Waals surface area contributed by atoms with E-state index in [9.17, 15) is 4.79 Å². The highest BCUT2D eigenvalue weighted by atomic mass is 16.2. The van der Waals surface area contributed by atoms with Crippen molar-refractivity contribution in [1.82, 2.24) is 4.57 Å². The van der Waals surface area contributed by atoms with Crippen molar-refractivity contribution in [3.05, 3.63) is 65.9 Å². The Hall–Kier alpha value is -2.59. The Kier molecular flexibility index (Phi) is 4.17. The lowest BCUT2D eigenvalue weighted by Crippen LogP contribution is -2.27. The molecule has 0 aliphatic heterocycles. The van der Waals surface area contributed by atoms with Crippen LogP contribution >= 0.6 is 0 Å². The molecule has 3 N–H and O–H groups in total. The van der Waals surface area contributed by atoms with Crippen LogP contribution in [-0.2, 0) is 11.3 Å². The van der Waals surface area contributed by atoms with E-state index in [1.54, 1.807) is 0 Å². The minimum Gasteiger partial charge on any atom is -0.345 e. The largest absolute Gasteiger partial charge is 0.345 e. The molecule has 3 aromatic rings. The quantitative estimate of drug-likeness (QED) is 0.773. The summed E-state index contributed by atoms with van der Waals surface area (Å²) >= 11 is 0. The molecule has 0 radical (unpaired) electrons. The fraction of sp³-hybridized carbons (Fsp3) is 0.211. The average molecular weight is 307 g/mol. The number of amides is 1. The van der Waals surface area contributed by atoms with Crippen LogP contribution in [0.1, 0.15) is 24.2 Å². The van der Waals surface area contributed by atoms with Gasteiger partial charge in [0, 0.05) is 28.8 Å². The monoisotopic (exact) mass is 307 g/mol. The molecule has 1 atom stereocenters. The number of nitrogens with zero attached hydrogens (tertiary/aromatic N) is 1. The Balaban J connectivity index is 1.82. The van der Waals surface area contributed by atoms with E-state index in [1.165, 1.54) is 11.2 Å². The zero-order chi connectivity index (χ0) is 16.4. The Morgan fingerprint density at radius 1 is 1.17 bits per heavy atom. The molecule has 0 fully saturated rings. The van der Waals surface area contributed by atoms with Crippen LogP contribution in [0.4, 0.5) is 5.69 Å². The third kappa shape index (κ3) is 2.98. The highest BCUT2D eigenvalue weighted by Crippen LogP contribution is 2.24. The summed E-state index contributed by atoms with van der Waals surface area (Å²) in [6.07, 6.45) is 0. The predicted molar refractivity (Wildman–Crippen MR) is 94.3 cm³/mol. The molecule has 1 amide bonds. The maximum absolute atomic E-state index is 12.3. The Labute approximate surface area is 135 Å². The SMILES string of the molecule is CCn1c(C)cc2cc(NC(=O)C(N)c3ccccc3)ccc21. The lowest BCUT2D eigenvalue weighted by atomic mass is 10.1. The van der Waals surface area contributed by atoms with Gasteiger partial charge >= 0.3 is 0 Å². The molecule has 23 heavy (non-hydrogen) atoms. The second-order valence-electron chi connectivity index (χ2n) is 5.68. The van der Waals surface area contributed by atoms with Crippen molar-refractivity contribution in [1.29, 1.82) is 0 Å². The molecular formula is C19H21N3O. The van der Waals surface area contributed by atoms with Crippen LogP contribution in [-0.4, -0.2) is 10.5 Å². The highest BCUT2D eigenvalue weighted by Gasteiger charge is 2.16. The zero-order valence-corrected chi connectivity index (χ0v) is 13.4. The number of aromatic nitrogens is 1. The van der Waals surface area contributed by atoms with Gasteiger partial charge in [0.05, 0.1) is 0 Å². The summed E-state index contributed by atoms with van der Waals surface area (Å²) in [5, 5.41) is 4.03. The van der Waals surface area contributed by atoms with E-state index in [2.05, 4.69) is 29.8 Å². The van der Waals surface area contributed by atoms with Crippen molar-refractivity contribution in [2.45, 2.75) is 26.4 Å². The molecule has 2 aromatic carbocycles. The maximum Gasteiger partial charge on any atom is 0.245 e. The molecule has 118 valence electrons. The van der Waals surface area contributed by atoms with Gasteiger partial charge in [-0.05, 0) is 43.7 Å². The van der Waals surface area contributed by atoms with E-state index in [0.717, 1.165) is 23.2 Å². The number of carbonyl (C=O) groups is 1. The molecule has 1 unspecified atom stereocenters. The van der Waals surface area contributed by atoms with Gasteiger partial charge < -0.3 is 15.6 Å². The van der Waals surface area contributed by atoms with Crippen molar-refractivity contribution in [2.24, 2.45) is 5.73 Å². The number of aryl methyl sites for hydroxylation is 2. The third-order valence-electron chi connectivity index (χ3n) is 4.13. The number of anilines is 1. The summed E-state index contributed by atoms with van der Waals surface area (Å²) in [7, 11) is 0. The molecule has 0 bridgehead atoms. The molecule has 3 rings (SSSR count). The minimum absolute atomic E-state index is 0.206. The predicted octanol–water partition coefficient (Wildman–Crippen LogP) is 3.61. The van der Waals surface area contributed by atoms with Crippen molar-refractivity contribution < 1.29 is 4.79 Å². The number of hydrogen-bond acceptors (Lipinski definition) is 2. The van der Waals surface area contributed by atoms with Gasteiger partial charge in [-0.3, -0.25) is 4.79 Å². The first-order valence-electron chi connectivity index (χ1n) is 7.81.